The first-order valence-electron chi connectivity index (χ1n) is 9.31. The Bertz CT molecular complexity index is 1020. The first kappa shape index (κ1) is 18.8. The Hall–Kier alpha value is -3.54. The van der Waals surface area contributed by atoms with E-state index in [-0.39, 0.29) is 5.91 Å². The average molecular weight is 390 g/mol. The molecule has 0 atom stereocenters. The summed E-state index contributed by atoms with van der Waals surface area (Å²) in [4.78, 5) is 19.1. The van der Waals surface area contributed by atoms with Crippen molar-refractivity contribution in [3.8, 4) is 28.4 Å². The quantitative estimate of drug-likeness (QED) is 0.660. The van der Waals surface area contributed by atoms with Crippen LogP contribution in [0.1, 0.15) is 15.9 Å². The molecule has 0 bridgehead atoms. The van der Waals surface area contributed by atoms with Gasteiger partial charge in [0.1, 0.15) is 0 Å². The number of carbonyl (C=O) groups is 1. The SMILES string of the molecule is COc1cc(C(=O)N2CCc3cc(-c4ccncc4)ccc32)cc(OC)c1OC. The second-order valence-electron chi connectivity index (χ2n) is 6.70. The van der Waals surface area contributed by atoms with Gasteiger partial charge in [-0.05, 0) is 59.5 Å². The number of amides is 1. The molecule has 0 fully saturated rings. The molecule has 0 saturated carbocycles. The maximum absolute atomic E-state index is 13.3. The second kappa shape index (κ2) is 7.83. The van der Waals surface area contributed by atoms with Crippen molar-refractivity contribution in [1.82, 2.24) is 4.98 Å². The highest BCUT2D eigenvalue weighted by atomic mass is 16.5. The number of fused-ring (bicyclic) bond motifs is 1. The number of methoxy groups -OCH3 is 3. The van der Waals surface area contributed by atoms with Gasteiger partial charge in [-0.25, -0.2) is 0 Å². The van der Waals surface area contributed by atoms with Crippen LogP contribution in [0, 0.1) is 0 Å². The Morgan fingerprint density at radius 3 is 2.21 bits per heavy atom. The summed E-state index contributed by atoms with van der Waals surface area (Å²) >= 11 is 0. The summed E-state index contributed by atoms with van der Waals surface area (Å²) in [7, 11) is 4.62. The number of nitrogens with zero attached hydrogens (tertiary/aromatic N) is 2. The largest absolute Gasteiger partial charge is 0.493 e. The number of rotatable bonds is 5. The Kier molecular flexibility index (Phi) is 5.08. The van der Waals surface area contributed by atoms with Crippen LogP contribution in [0.4, 0.5) is 5.69 Å². The minimum Gasteiger partial charge on any atom is -0.493 e. The third kappa shape index (κ3) is 3.38. The molecule has 1 aliphatic heterocycles. The molecular formula is C23H22N2O4. The summed E-state index contributed by atoms with van der Waals surface area (Å²) in [6, 6.07) is 13.5. The van der Waals surface area contributed by atoms with Crippen molar-refractivity contribution in [2.45, 2.75) is 6.42 Å². The minimum absolute atomic E-state index is 0.0975. The van der Waals surface area contributed by atoms with E-state index in [4.69, 9.17) is 14.2 Å². The van der Waals surface area contributed by atoms with Crippen LogP contribution in [-0.2, 0) is 6.42 Å². The van der Waals surface area contributed by atoms with E-state index in [1.807, 2.05) is 24.3 Å². The monoisotopic (exact) mass is 390 g/mol. The van der Waals surface area contributed by atoms with Gasteiger partial charge in [-0.3, -0.25) is 9.78 Å². The molecule has 1 aromatic heterocycles. The standard InChI is InChI=1S/C23H22N2O4/c1-27-20-13-18(14-21(28-2)22(20)29-3)23(26)25-11-8-17-12-16(4-5-19(17)25)15-6-9-24-10-7-15/h4-7,9-10,12-14H,8,11H2,1-3H3. The van der Waals surface area contributed by atoms with E-state index in [0.29, 0.717) is 29.4 Å². The van der Waals surface area contributed by atoms with Crippen LogP contribution in [-0.4, -0.2) is 38.8 Å². The number of pyridine rings is 1. The molecule has 1 amide bonds. The van der Waals surface area contributed by atoms with E-state index in [0.717, 1.165) is 28.8 Å². The molecule has 29 heavy (non-hydrogen) atoms. The van der Waals surface area contributed by atoms with Gasteiger partial charge in [0.15, 0.2) is 11.5 Å². The van der Waals surface area contributed by atoms with Gasteiger partial charge >= 0.3 is 0 Å². The molecule has 2 heterocycles. The molecule has 0 spiro atoms. The van der Waals surface area contributed by atoms with Crippen LogP contribution in [0.25, 0.3) is 11.1 Å². The highest BCUT2D eigenvalue weighted by Gasteiger charge is 2.27. The predicted octanol–water partition coefficient (Wildman–Crippen LogP) is 3.98. The Labute approximate surface area is 169 Å². The molecule has 6 heteroatoms. The summed E-state index contributed by atoms with van der Waals surface area (Å²) < 4.78 is 16.1. The maximum Gasteiger partial charge on any atom is 0.258 e. The van der Waals surface area contributed by atoms with Gasteiger partial charge in [-0.1, -0.05) is 6.07 Å². The Morgan fingerprint density at radius 1 is 0.897 bits per heavy atom. The lowest BCUT2D eigenvalue weighted by molar-refractivity contribution is 0.0988. The van der Waals surface area contributed by atoms with Gasteiger partial charge in [-0.15, -0.1) is 0 Å². The molecule has 0 saturated heterocycles. The van der Waals surface area contributed by atoms with Gasteiger partial charge in [0.25, 0.3) is 5.91 Å². The fourth-order valence-corrected chi connectivity index (χ4v) is 3.70. The number of ether oxygens (including phenoxy) is 3. The zero-order chi connectivity index (χ0) is 20.4. The van der Waals surface area contributed by atoms with Crippen LogP contribution < -0.4 is 19.1 Å². The van der Waals surface area contributed by atoms with Gasteiger partial charge in [0, 0.05) is 30.2 Å². The summed E-state index contributed by atoms with van der Waals surface area (Å²) in [5.74, 6) is 1.29. The molecule has 0 N–H and O–H groups in total. The Balaban J connectivity index is 1.67. The first-order valence-corrected chi connectivity index (χ1v) is 9.31. The van der Waals surface area contributed by atoms with Crippen molar-refractivity contribution in [2.24, 2.45) is 0 Å². The zero-order valence-corrected chi connectivity index (χ0v) is 16.6. The van der Waals surface area contributed by atoms with Gasteiger partial charge < -0.3 is 19.1 Å². The molecule has 2 aromatic carbocycles. The van der Waals surface area contributed by atoms with Gasteiger partial charge in [0.05, 0.1) is 21.3 Å². The molecule has 0 aliphatic carbocycles. The average Bonchev–Trinajstić information content (AvgIpc) is 3.21. The molecule has 6 nitrogen and oxygen atoms in total. The molecular weight excluding hydrogens is 368 g/mol. The fraction of sp³-hybridized carbons (Fsp3) is 0.217. The van der Waals surface area contributed by atoms with E-state index in [1.54, 1.807) is 36.5 Å². The normalized spacial score (nSPS) is 12.4. The van der Waals surface area contributed by atoms with Crippen molar-refractivity contribution in [2.75, 3.05) is 32.8 Å². The van der Waals surface area contributed by atoms with Crippen LogP contribution >= 0.6 is 0 Å². The Morgan fingerprint density at radius 2 is 1.59 bits per heavy atom. The van der Waals surface area contributed by atoms with Crippen molar-refractivity contribution in [3.05, 3.63) is 66.0 Å². The van der Waals surface area contributed by atoms with Crippen LogP contribution in [0.5, 0.6) is 17.2 Å². The second-order valence-corrected chi connectivity index (χ2v) is 6.70. The molecule has 3 aromatic rings. The van der Waals surface area contributed by atoms with Crippen molar-refractivity contribution < 1.29 is 19.0 Å². The third-order valence-electron chi connectivity index (χ3n) is 5.15. The van der Waals surface area contributed by atoms with Crippen molar-refractivity contribution in [1.29, 1.82) is 0 Å². The zero-order valence-electron chi connectivity index (χ0n) is 16.6. The molecule has 0 radical (unpaired) electrons. The summed E-state index contributed by atoms with van der Waals surface area (Å²) in [5, 5.41) is 0. The lowest BCUT2D eigenvalue weighted by Crippen LogP contribution is -2.28. The van der Waals surface area contributed by atoms with E-state index in [9.17, 15) is 4.79 Å². The van der Waals surface area contributed by atoms with Crippen molar-refractivity contribution in [3.63, 3.8) is 0 Å². The summed E-state index contributed by atoms with van der Waals surface area (Å²) in [6.45, 7) is 0.630. The van der Waals surface area contributed by atoms with Crippen LogP contribution in [0.15, 0.2) is 54.9 Å². The van der Waals surface area contributed by atoms with Crippen LogP contribution in [0.2, 0.25) is 0 Å². The van der Waals surface area contributed by atoms with Crippen molar-refractivity contribution >= 4 is 11.6 Å². The first-order chi connectivity index (χ1) is 14.2. The lowest BCUT2D eigenvalue weighted by Gasteiger charge is -2.20. The van der Waals surface area contributed by atoms with E-state index in [1.165, 1.54) is 14.2 Å². The summed E-state index contributed by atoms with van der Waals surface area (Å²) in [5.41, 5.74) is 4.80. The lowest BCUT2D eigenvalue weighted by atomic mass is 10.0. The summed E-state index contributed by atoms with van der Waals surface area (Å²) in [6.07, 6.45) is 4.37. The molecule has 148 valence electrons. The fourth-order valence-electron chi connectivity index (χ4n) is 3.70. The number of benzene rings is 2. The highest BCUT2D eigenvalue weighted by molar-refractivity contribution is 6.08. The predicted molar refractivity (Wildman–Crippen MR) is 111 cm³/mol. The molecule has 0 unspecified atom stereocenters. The third-order valence-corrected chi connectivity index (χ3v) is 5.15. The van der Waals surface area contributed by atoms with E-state index >= 15 is 0 Å². The number of hydrogen-bond donors (Lipinski definition) is 0. The smallest absolute Gasteiger partial charge is 0.258 e. The van der Waals surface area contributed by atoms with Gasteiger partial charge in [0.2, 0.25) is 5.75 Å². The maximum atomic E-state index is 13.3. The van der Waals surface area contributed by atoms with Crippen LogP contribution in [0.3, 0.4) is 0 Å². The van der Waals surface area contributed by atoms with E-state index in [2.05, 4.69) is 11.1 Å². The van der Waals surface area contributed by atoms with Gasteiger partial charge in [-0.2, -0.15) is 0 Å². The number of aromatic nitrogens is 1. The van der Waals surface area contributed by atoms with E-state index < -0.39 is 0 Å². The number of anilines is 1. The topological polar surface area (TPSA) is 60.9 Å². The number of hydrogen-bond acceptors (Lipinski definition) is 5. The number of carbonyl (C=O) groups excluding carboxylic acids is 1. The molecule has 1 aliphatic rings. The molecule has 4 rings (SSSR count). The highest BCUT2D eigenvalue weighted by Crippen LogP contribution is 2.40. The minimum atomic E-state index is -0.0975.